The Labute approximate surface area is 116 Å². The second-order valence-electron chi connectivity index (χ2n) is 3.60. The van der Waals surface area contributed by atoms with E-state index in [0.717, 1.165) is 19.5 Å². The smallest absolute Gasteiger partial charge is 0.261 e. The molecule has 0 aliphatic carbocycles. The van der Waals surface area contributed by atoms with Crippen LogP contribution in [0.3, 0.4) is 0 Å². The first-order valence-electron chi connectivity index (χ1n) is 5.18. The van der Waals surface area contributed by atoms with Crippen molar-refractivity contribution in [1.29, 1.82) is 0 Å². The molecule has 0 saturated carbocycles. The fourth-order valence-corrected chi connectivity index (χ4v) is 2.51. The van der Waals surface area contributed by atoms with Gasteiger partial charge in [0.1, 0.15) is 0 Å². The van der Waals surface area contributed by atoms with Crippen LogP contribution in [0.4, 0.5) is 0 Å². The van der Waals surface area contributed by atoms with Crippen molar-refractivity contribution < 1.29 is 4.79 Å². The summed E-state index contributed by atoms with van der Waals surface area (Å²) in [5.41, 5.74) is 1.29. The van der Waals surface area contributed by atoms with Crippen LogP contribution in [0.15, 0.2) is 23.8 Å². The van der Waals surface area contributed by atoms with Gasteiger partial charge < -0.3 is 10.6 Å². The molecule has 17 heavy (non-hydrogen) atoms. The summed E-state index contributed by atoms with van der Waals surface area (Å²) in [6.45, 7) is 2.53. The van der Waals surface area contributed by atoms with Gasteiger partial charge in [0, 0.05) is 13.1 Å². The van der Waals surface area contributed by atoms with Crippen molar-refractivity contribution in [2.24, 2.45) is 0 Å². The van der Waals surface area contributed by atoms with Gasteiger partial charge in [-0.25, -0.2) is 0 Å². The fourth-order valence-electron chi connectivity index (χ4n) is 1.55. The number of nitrogens with one attached hydrogen (secondary N) is 2. The Hall–Kier alpha value is -0.550. The Morgan fingerprint density at radius 2 is 2.35 bits per heavy atom. The minimum Gasteiger partial charge on any atom is -0.348 e. The lowest BCUT2D eigenvalue weighted by molar-refractivity contribution is 0.0960. The molecule has 3 nitrogen and oxygen atoms in total. The van der Waals surface area contributed by atoms with Crippen molar-refractivity contribution >= 4 is 41.3 Å². The van der Waals surface area contributed by atoms with Crippen LogP contribution < -0.4 is 10.6 Å². The van der Waals surface area contributed by atoms with Gasteiger partial charge in [0.2, 0.25) is 0 Å². The van der Waals surface area contributed by atoms with E-state index in [4.69, 9.17) is 11.6 Å². The highest BCUT2D eigenvalue weighted by Crippen LogP contribution is 2.21. The summed E-state index contributed by atoms with van der Waals surface area (Å²) in [6.07, 6.45) is 3.14. The Kier molecular flexibility index (Phi) is 5.98. The van der Waals surface area contributed by atoms with Crippen molar-refractivity contribution in [2.75, 3.05) is 19.6 Å². The molecule has 0 aromatic carbocycles. The maximum absolute atomic E-state index is 11.7. The van der Waals surface area contributed by atoms with E-state index >= 15 is 0 Å². The zero-order chi connectivity index (χ0) is 11.4. The molecule has 0 fully saturated rings. The second-order valence-corrected chi connectivity index (χ2v) is 5.32. The number of amides is 1. The van der Waals surface area contributed by atoms with Crippen LogP contribution >= 0.6 is 35.3 Å². The van der Waals surface area contributed by atoms with E-state index < -0.39 is 0 Å². The summed E-state index contributed by atoms with van der Waals surface area (Å²) in [5.74, 6) is -0.0451. The van der Waals surface area contributed by atoms with Crippen molar-refractivity contribution in [2.45, 2.75) is 6.42 Å². The Morgan fingerprint density at radius 3 is 2.94 bits per heavy atom. The predicted octanol–water partition coefficient (Wildman–Crippen LogP) is 2.47. The maximum atomic E-state index is 11.7. The number of rotatable bonds is 3. The fraction of sp³-hybridized carbons (Fsp3) is 0.364. The van der Waals surface area contributed by atoms with E-state index in [0.29, 0.717) is 15.8 Å². The van der Waals surface area contributed by atoms with E-state index in [1.807, 2.05) is 0 Å². The van der Waals surface area contributed by atoms with Crippen LogP contribution in [0, 0.1) is 0 Å². The molecule has 2 rings (SSSR count). The third kappa shape index (κ3) is 4.32. The van der Waals surface area contributed by atoms with Crippen molar-refractivity contribution in [3.63, 3.8) is 0 Å². The van der Waals surface area contributed by atoms with Crippen LogP contribution in [-0.4, -0.2) is 25.5 Å². The SMILES string of the molecule is Cl.O=C(NCC1=CCNCC1)c1ccc(Cl)s1. The molecule has 6 heteroatoms. The Morgan fingerprint density at radius 1 is 1.53 bits per heavy atom. The molecular weight excluding hydrogens is 279 g/mol. The summed E-state index contributed by atoms with van der Waals surface area (Å²) in [5, 5.41) is 6.13. The number of halogens is 2. The molecule has 1 aromatic rings. The number of carbonyl (C=O) groups is 1. The average Bonchev–Trinajstić information content (AvgIpc) is 2.74. The van der Waals surface area contributed by atoms with E-state index in [1.54, 1.807) is 12.1 Å². The zero-order valence-corrected chi connectivity index (χ0v) is 11.6. The summed E-state index contributed by atoms with van der Waals surface area (Å²) in [4.78, 5) is 12.4. The molecule has 0 saturated heterocycles. The van der Waals surface area contributed by atoms with Crippen LogP contribution in [-0.2, 0) is 0 Å². The minimum absolute atomic E-state index is 0. The highest BCUT2D eigenvalue weighted by Gasteiger charge is 2.09. The van der Waals surface area contributed by atoms with Crippen LogP contribution in [0.1, 0.15) is 16.1 Å². The molecule has 0 atom stereocenters. The third-order valence-corrected chi connectivity index (χ3v) is 3.66. The van der Waals surface area contributed by atoms with Gasteiger partial charge in [0.15, 0.2) is 0 Å². The minimum atomic E-state index is -0.0451. The van der Waals surface area contributed by atoms with Gasteiger partial charge >= 0.3 is 0 Å². The highest BCUT2D eigenvalue weighted by molar-refractivity contribution is 7.17. The molecule has 1 aliphatic heterocycles. The van der Waals surface area contributed by atoms with Crippen LogP contribution in [0.2, 0.25) is 4.34 Å². The van der Waals surface area contributed by atoms with Gasteiger partial charge in [0.05, 0.1) is 9.21 Å². The largest absolute Gasteiger partial charge is 0.348 e. The molecule has 1 aromatic heterocycles. The summed E-state index contributed by atoms with van der Waals surface area (Å²) in [6, 6.07) is 3.49. The number of hydrogen-bond acceptors (Lipinski definition) is 3. The zero-order valence-electron chi connectivity index (χ0n) is 9.16. The molecular formula is C11H14Cl2N2OS. The van der Waals surface area contributed by atoms with Crippen molar-refractivity contribution in [3.05, 3.63) is 33.0 Å². The number of carbonyl (C=O) groups excluding carboxylic acids is 1. The summed E-state index contributed by atoms with van der Waals surface area (Å²) in [7, 11) is 0. The molecule has 0 spiro atoms. The molecule has 0 radical (unpaired) electrons. The molecule has 1 amide bonds. The van der Waals surface area contributed by atoms with E-state index in [1.165, 1.54) is 16.9 Å². The van der Waals surface area contributed by atoms with Gasteiger partial charge in [-0.2, -0.15) is 0 Å². The van der Waals surface area contributed by atoms with Crippen LogP contribution in [0.25, 0.3) is 0 Å². The molecule has 2 heterocycles. The lowest BCUT2D eigenvalue weighted by atomic mass is 10.1. The lowest BCUT2D eigenvalue weighted by Gasteiger charge is -2.14. The topological polar surface area (TPSA) is 41.1 Å². The molecule has 0 unspecified atom stereocenters. The van der Waals surface area contributed by atoms with E-state index in [2.05, 4.69) is 16.7 Å². The first-order valence-corrected chi connectivity index (χ1v) is 6.37. The molecule has 94 valence electrons. The van der Waals surface area contributed by atoms with Gasteiger partial charge in [0.25, 0.3) is 5.91 Å². The van der Waals surface area contributed by atoms with Gasteiger partial charge in [-0.05, 0) is 25.1 Å². The summed E-state index contributed by atoms with van der Waals surface area (Å²) < 4.78 is 0.645. The average molecular weight is 293 g/mol. The number of hydrogen-bond donors (Lipinski definition) is 2. The highest BCUT2D eigenvalue weighted by atomic mass is 35.5. The monoisotopic (exact) mass is 292 g/mol. The molecule has 2 N–H and O–H groups in total. The van der Waals surface area contributed by atoms with Crippen LogP contribution in [0.5, 0.6) is 0 Å². The van der Waals surface area contributed by atoms with Gasteiger partial charge in [-0.15, -0.1) is 23.7 Å². The quantitative estimate of drug-likeness (QED) is 0.841. The number of thiophene rings is 1. The van der Waals surface area contributed by atoms with Crippen molar-refractivity contribution in [3.8, 4) is 0 Å². The van der Waals surface area contributed by atoms with E-state index in [-0.39, 0.29) is 18.3 Å². The lowest BCUT2D eigenvalue weighted by Crippen LogP contribution is -2.29. The second kappa shape index (κ2) is 7.01. The standard InChI is InChI=1S/C11H13ClN2OS.ClH/c12-10-2-1-9(16-10)11(15)14-7-8-3-5-13-6-4-8;/h1-3,13H,4-7H2,(H,14,15);1H. The van der Waals surface area contributed by atoms with Gasteiger partial charge in [-0.1, -0.05) is 23.3 Å². The van der Waals surface area contributed by atoms with Crippen molar-refractivity contribution in [1.82, 2.24) is 10.6 Å². The molecule has 1 aliphatic rings. The van der Waals surface area contributed by atoms with E-state index in [9.17, 15) is 4.79 Å². The Balaban J connectivity index is 0.00000144. The first-order chi connectivity index (χ1) is 7.75. The summed E-state index contributed by atoms with van der Waals surface area (Å²) >= 11 is 7.08. The first kappa shape index (κ1) is 14.5. The Bertz CT molecular complexity index is 417. The molecule has 0 bridgehead atoms. The predicted molar refractivity (Wildman–Crippen MR) is 74.5 cm³/mol. The maximum Gasteiger partial charge on any atom is 0.261 e. The third-order valence-electron chi connectivity index (χ3n) is 2.43. The van der Waals surface area contributed by atoms with Gasteiger partial charge in [-0.3, -0.25) is 4.79 Å². The normalized spacial score (nSPS) is 14.8.